The number of benzene rings is 1. The molecule has 106 valence electrons. The molecule has 0 saturated heterocycles. The summed E-state index contributed by atoms with van der Waals surface area (Å²) in [7, 11) is 0. The van der Waals surface area contributed by atoms with E-state index < -0.39 is 5.82 Å². The number of carbonyl (C=O) groups is 1. The zero-order valence-corrected chi connectivity index (χ0v) is 11.6. The smallest absolute Gasteiger partial charge is 0.221 e. The van der Waals surface area contributed by atoms with Crippen LogP contribution in [-0.4, -0.2) is 25.1 Å². The summed E-state index contributed by atoms with van der Waals surface area (Å²) in [4.78, 5) is 11.4. The summed E-state index contributed by atoms with van der Waals surface area (Å²) < 4.78 is 18.7. The van der Waals surface area contributed by atoms with Gasteiger partial charge in [0.05, 0.1) is 6.61 Å². The molecule has 0 heterocycles. The third-order valence-electron chi connectivity index (χ3n) is 2.36. The van der Waals surface area contributed by atoms with Crippen molar-refractivity contribution in [3.8, 4) is 5.75 Å². The molecule has 1 aromatic carbocycles. The SMILES string of the molecule is CCOc1ccc(NCCC(=O)NC(C)C)cc1F. The minimum Gasteiger partial charge on any atom is -0.491 e. The number of halogens is 1. The Balaban J connectivity index is 2.41. The minimum absolute atomic E-state index is 0.0195. The van der Waals surface area contributed by atoms with E-state index in [9.17, 15) is 9.18 Å². The van der Waals surface area contributed by atoms with Gasteiger partial charge in [0.15, 0.2) is 11.6 Å². The van der Waals surface area contributed by atoms with Crippen LogP contribution in [0.25, 0.3) is 0 Å². The van der Waals surface area contributed by atoms with Gasteiger partial charge in [-0.3, -0.25) is 4.79 Å². The van der Waals surface area contributed by atoms with Gasteiger partial charge in [-0.05, 0) is 32.9 Å². The topological polar surface area (TPSA) is 50.4 Å². The van der Waals surface area contributed by atoms with Gasteiger partial charge in [0.1, 0.15) is 0 Å². The van der Waals surface area contributed by atoms with E-state index in [1.165, 1.54) is 6.07 Å². The van der Waals surface area contributed by atoms with Crippen molar-refractivity contribution < 1.29 is 13.9 Å². The van der Waals surface area contributed by atoms with Gasteiger partial charge in [-0.25, -0.2) is 4.39 Å². The van der Waals surface area contributed by atoms with Crippen LogP contribution in [0.1, 0.15) is 27.2 Å². The van der Waals surface area contributed by atoms with Crippen molar-refractivity contribution in [2.45, 2.75) is 33.2 Å². The molecule has 0 spiro atoms. The van der Waals surface area contributed by atoms with Crippen LogP contribution in [0.4, 0.5) is 10.1 Å². The van der Waals surface area contributed by atoms with Crippen molar-refractivity contribution >= 4 is 11.6 Å². The summed E-state index contributed by atoms with van der Waals surface area (Å²) in [6.07, 6.45) is 0.354. The van der Waals surface area contributed by atoms with Gasteiger partial charge in [0.25, 0.3) is 0 Å². The Morgan fingerprint density at radius 3 is 2.74 bits per heavy atom. The highest BCUT2D eigenvalue weighted by atomic mass is 19.1. The quantitative estimate of drug-likeness (QED) is 0.799. The van der Waals surface area contributed by atoms with Crippen LogP contribution in [-0.2, 0) is 4.79 Å². The fraction of sp³-hybridized carbons (Fsp3) is 0.500. The molecule has 0 aliphatic carbocycles. The monoisotopic (exact) mass is 268 g/mol. The van der Waals surface area contributed by atoms with Crippen LogP contribution < -0.4 is 15.4 Å². The molecular formula is C14H21FN2O2. The van der Waals surface area contributed by atoms with Crippen LogP contribution in [0.5, 0.6) is 5.75 Å². The number of nitrogens with one attached hydrogen (secondary N) is 2. The highest BCUT2D eigenvalue weighted by Gasteiger charge is 2.05. The molecule has 0 aliphatic heterocycles. The summed E-state index contributed by atoms with van der Waals surface area (Å²) in [5.41, 5.74) is 0.637. The molecule has 19 heavy (non-hydrogen) atoms. The second kappa shape index (κ2) is 7.61. The van der Waals surface area contributed by atoms with E-state index in [4.69, 9.17) is 4.74 Å². The molecular weight excluding hydrogens is 247 g/mol. The number of anilines is 1. The predicted molar refractivity (Wildman–Crippen MR) is 74.0 cm³/mol. The van der Waals surface area contributed by atoms with Crippen molar-refractivity contribution in [2.75, 3.05) is 18.5 Å². The Hall–Kier alpha value is -1.78. The second-order valence-electron chi connectivity index (χ2n) is 4.48. The highest BCUT2D eigenvalue weighted by molar-refractivity contribution is 5.76. The minimum atomic E-state index is -0.404. The number of rotatable bonds is 7. The third-order valence-corrected chi connectivity index (χ3v) is 2.36. The van der Waals surface area contributed by atoms with Crippen LogP contribution in [0.15, 0.2) is 18.2 Å². The van der Waals surface area contributed by atoms with Crippen LogP contribution in [0.2, 0.25) is 0 Å². The van der Waals surface area contributed by atoms with Crippen LogP contribution in [0.3, 0.4) is 0 Å². The standard InChI is InChI=1S/C14H21FN2O2/c1-4-19-13-6-5-11(9-12(13)15)16-8-7-14(18)17-10(2)3/h5-6,9-10,16H,4,7-8H2,1-3H3,(H,17,18). The second-order valence-corrected chi connectivity index (χ2v) is 4.48. The molecule has 5 heteroatoms. The largest absolute Gasteiger partial charge is 0.491 e. The Morgan fingerprint density at radius 1 is 1.42 bits per heavy atom. The molecule has 0 bridgehead atoms. The zero-order chi connectivity index (χ0) is 14.3. The van der Waals surface area contributed by atoms with Crippen LogP contribution in [0, 0.1) is 5.82 Å². The van der Waals surface area contributed by atoms with E-state index in [2.05, 4.69) is 10.6 Å². The number of amides is 1. The average Bonchev–Trinajstić information content (AvgIpc) is 2.32. The molecule has 0 fully saturated rings. The first-order valence-corrected chi connectivity index (χ1v) is 6.48. The van der Waals surface area contributed by atoms with Gasteiger partial charge in [-0.2, -0.15) is 0 Å². The molecule has 4 nitrogen and oxygen atoms in total. The molecule has 0 unspecified atom stereocenters. The maximum atomic E-state index is 13.6. The molecule has 0 saturated carbocycles. The van der Waals surface area contributed by atoms with E-state index in [1.807, 2.05) is 13.8 Å². The van der Waals surface area contributed by atoms with Crippen molar-refractivity contribution in [2.24, 2.45) is 0 Å². The highest BCUT2D eigenvalue weighted by Crippen LogP contribution is 2.20. The summed E-state index contributed by atoms with van der Waals surface area (Å²) in [6.45, 7) is 6.52. The summed E-state index contributed by atoms with van der Waals surface area (Å²) in [5.74, 6) is -0.182. The lowest BCUT2D eigenvalue weighted by molar-refractivity contribution is -0.121. The molecule has 1 rings (SSSR count). The van der Waals surface area contributed by atoms with E-state index in [0.717, 1.165) is 0 Å². The lowest BCUT2D eigenvalue weighted by atomic mass is 10.2. The maximum absolute atomic E-state index is 13.6. The van der Waals surface area contributed by atoms with E-state index in [1.54, 1.807) is 19.1 Å². The third kappa shape index (κ3) is 5.59. The fourth-order valence-corrected chi connectivity index (χ4v) is 1.60. The van der Waals surface area contributed by atoms with Gasteiger partial charge in [0.2, 0.25) is 5.91 Å². The Bertz CT molecular complexity index is 422. The van der Waals surface area contributed by atoms with Gasteiger partial charge in [-0.15, -0.1) is 0 Å². The summed E-state index contributed by atoms with van der Waals surface area (Å²) in [5, 5.41) is 5.80. The summed E-state index contributed by atoms with van der Waals surface area (Å²) in [6, 6.07) is 4.81. The van der Waals surface area contributed by atoms with E-state index >= 15 is 0 Å². The zero-order valence-electron chi connectivity index (χ0n) is 11.6. The molecule has 1 amide bonds. The first-order valence-electron chi connectivity index (χ1n) is 6.48. The maximum Gasteiger partial charge on any atom is 0.221 e. The van der Waals surface area contributed by atoms with E-state index in [0.29, 0.717) is 25.3 Å². The lowest BCUT2D eigenvalue weighted by Crippen LogP contribution is -2.31. The molecule has 0 atom stereocenters. The normalized spacial score (nSPS) is 10.4. The van der Waals surface area contributed by atoms with Crippen molar-refractivity contribution in [3.63, 3.8) is 0 Å². The Morgan fingerprint density at radius 2 is 2.16 bits per heavy atom. The first-order chi connectivity index (χ1) is 9.02. The molecule has 0 radical (unpaired) electrons. The van der Waals surface area contributed by atoms with Crippen molar-refractivity contribution in [3.05, 3.63) is 24.0 Å². The summed E-state index contributed by atoms with van der Waals surface area (Å²) >= 11 is 0. The van der Waals surface area contributed by atoms with E-state index in [-0.39, 0.29) is 17.7 Å². The number of carbonyl (C=O) groups excluding carboxylic acids is 1. The van der Waals surface area contributed by atoms with Crippen molar-refractivity contribution in [1.29, 1.82) is 0 Å². The van der Waals surface area contributed by atoms with Gasteiger partial charge >= 0.3 is 0 Å². The van der Waals surface area contributed by atoms with Crippen LogP contribution >= 0.6 is 0 Å². The number of hydrogen-bond donors (Lipinski definition) is 2. The van der Waals surface area contributed by atoms with Gasteiger partial charge in [0, 0.05) is 30.8 Å². The molecule has 1 aromatic rings. The van der Waals surface area contributed by atoms with Gasteiger partial charge in [-0.1, -0.05) is 0 Å². The number of ether oxygens (including phenoxy) is 1. The fourth-order valence-electron chi connectivity index (χ4n) is 1.60. The molecule has 0 aliphatic rings. The molecule has 0 aromatic heterocycles. The molecule has 2 N–H and O–H groups in total. The Labute approximate surface area is 113 Å². The first kappa shape index (κ1) is 15.3. The predicted octanol–water partition coefficient (Wildman–Crippen LogP) is 2.55. The average molecular weight is 268 g/mol. The number of hydrogen-bond acceptors (Lipinski definition) is 3. The Kier molecular flexibility index (Phi) is 6.12. The lowest BCUT2D eigenvalue weighted by Gasteiger charge is -2.10. The van der Waals surface area contributed by atoms with Gasteiger partial charge < -0.3 is 15.4 Å². The van der Waals surface area contributed by atoms with Crippen molar-refractivity contribution in [1.82, 2.24) is 5.32 Å².